The third kappa shape index (κ3) is 20.0. The van der Waals surface area contributed by atoms with Gasteiger partial charge in [0.15, 0.2) is 0 Å². The molecule has 8 atom stereocenters. The van der Waals surface area contributed by atoms with Gasteiger partial charge in [0.2, 0.25) is 0 Å². The molecule has 0 heterocycles. The average Bonchev–Trinajstić information content (AvgIpc) is 3.71. The van der Waals surface area contributed by atoms with Crippen LogP contribution in [0.2, 0.25) is 0 Å². The van der Waals surface area contributed by atoms with Crippen LogP contribution in [0.5, 0.6) is 0 Å². The van der Waals surface area contributed by atoms with Crippen molar-refractivity contribution < 1.29 is 0 Å². The summed E-state index contributed by atoms with van der Waals surface area (Å²) in [5.41, 5.74) is 12.3. The zero-order chi connectivity index (χ0) is 61.0. The number of rotatable bonds is 42. The van der Waals surface area contributed by atoms with Crippen molar-refractivity contribution in [1.29, 1.82) is 0 Å². The summed E-state index contributed by atoms with van der Waals surface area (Å²) in [6.45, 7) is 38.1. The Balaban J connectivity index is 1.68. The molecule has 0 aliphatic rings. The van der Waals surface area contributed by atoms with Gasteiger partial charge in [-0.25, -0.2) is 0 Å². The van der Waals surface area contributed by atoms with Gasteiger partial charge in [0.25, 0.3) is 0 Å². The van der Waals surface area contributed by atoms with Gasteiger partial charge >= 0.3 is 0 Å². The van der Waals surface area contributed by atoms with Crippen LogP contribution in [0.15, 0.2) is 121 Å². The summed E-state index contributed by atoms with van der Waals surface area (Å²) >= 11 is 0. The van der Waals surface area contributed by atoms with Crippen molar-refractivity contribution in [2.45, 2.75) is 313 Å². The molecular weight excluding hydrogens is 1020 g/mol. The third-order valence-corrected chi connectivity index (χ3v) is 18.6. The predicted molar refractivity (Wildman–Crippen MR) is 378 cm³/mol. The van der Waals surface area contributed by atoms with Crippen LogP contribution in [-0.2, 0) is 0 Å². The quantitative estimate of drug-likeness (QED) is 0.0385. The lowest BCUT2D eigenvalue weighted by Crippen LogP contribution is -2.40. The highest BCUT2D eigenvalue weighted by Gasteiger charge is 2.27. The lowest BCUT2D eigenvalue weighted by atomic mass is 10.0. The van der Waals surface area contributed by atoms with E-state index in [-0.39, 0.29) is 0 Å². The van der Waals surface area contributed by atoms with E-state index in [1.54, 1.807) is 0 Å². The Morgan fingerprint density at radius 3 is 0.405 bits per heavy atom. The number of unbranched alkanes of at least 4 members (excludes halogenated alkanes) is 8. The number of anilines is 10. The van der Waals surface area contributed by atoms with E-state index in [4.69, 9.17) is 0 Å². The Kier molecular flexibility index (Phi) is 31.1. The number of nitrogens with zero attached hydrogens (tertiary/aromatic N) is 6. The standard InChI is InChI=1S/C78H124N6/c1-17-25-33-61(9)79(62(10)34-26-18-2)69-41-49-73(50-42-69)83(74-51-43-70(44-52-74)80(63(11)35-27-19-3)64(12)36-28-20-4)77-57-59-78(60-58-77)84(75-53-45-71(46-54-75)81(65(13)37-29-21-5)66(14)38-30-22-6)76-55-47-72(48-56-76)82(67(15)39-31-23-7)68(16)40-32-24-8/h41-68H,17-40H2,1-16H3. The molecule has 6 heteroatoms. The van der Waals surface area contributed by atoms with Crippen LogP contribution in [0.25, 0.3) is 0 Å². The van der Waals surface area contributed by atoms with E-state index in [1.807, 2.05) is 0 Å². The van der Waals surface area contributed by atoms with Crippen LogP contribution >= 0.6 is 0 Å². The lowest BCUT2D eigenvalue weighted by molar-refractivity contribution is 0.478. The molecule has 0 fully saturated rings. The highest BCUT2D eigenvalue weighted by atomic mass is 15.2. The Labute approximate surface area is 518 Å². The fourth-order valence-electron chi connectivity index (χ4n) is 13.6. The Bertz CT molecular complexity index is 2090. The molecule has 5 rings (SSSR count). The smallest absolute Gasteiger partial charge is 0.0463 e. The number of hydrogen-bond donors (Lipinski definition) is 0. The number of benzene rings is 5. The Morgan fingerprint density at radius 1 is 0.190 bits per heavy atom. The predicted octanol–water partition coefficient (Wildman–Crippen LogP) is 24.5. The maximum Gasteiger partial charge on any atom is 0.0463 e. The molecule has 0 aliphatic heterocycles. The van der Waals surface area contributed by atoms with Crippen LogP contribution in [0, 0.1) is 0 Å². The molecule has 0 spiro atoms. The zero-order valence-electron chi connectivity index (χ0n) is 56.8. The summed E-state index contributed by atoms with van der Waals surface area (Å²) in [4.78, 5) is 15.9. The van der Waals surface area contributed by atoms with Crippen molar-refractivity contribution in [3.05, 3.63) is 121 Å². The van der Waals surface area contributed by atoms with Gasteiger partial charge in [0, 0.05) is 105 Å². The number of hydrogen-bond acceptors (Lipinski definition) is 6. The van der Waals surface area contributed by atoms with E-state index >= 15 is 0 Å². The molecule has 84 heavy (non-hydrogen) atoms. The van der Waals surface area contributed by atoms with E-state index < -0.39 is 0 Å². The fourth-order valence-corrected chi connectivity index (χ4v) is 13.6. The van der Waals surface area contributed by atoms with Gasteiger partial charge < -0.3 is 29.4 Å². The first-order valence-electron chi connectivity index (χ1n) is 35.0. The molecule has 5 aromatic carbocycles. The van der Waals surface area contributed by atoms with Gasteiger partial charge in [-0.1, -0.05) is 158 Å². The highest BCUT2D eigenvalue weighted by Crippen LogP contribution is 2.42. The summed E-state index contributed by atoms with van der Waals surface area (Å²) in [6, 6.07) is 51.6. The van der Waals surface area contributed by atoms with Gasteiger partial charge in [0.05, 0.1) is 0 Å². The Morgan fingerprint density at radius 2 is 0.298 bits per heavy atom. The van der Waals surface area contributed by atoms with Crippen LogP contribution in [0.4, 0.5) is 56.9 Å². The zero-order valence-corrected chi connectivity index (χ0v) is 56.8. The molecule has 0 radical (unpaired) electrons. The van der Waals surface area contributed by atoms with Crippen molar-refractivity contribution in [2.24, 2.45) is 0 Å². The molecule has 0 aromatic heterocycles. The highest BCUT2D eigenvalue weighted by molar-refractivity contribution is 5.83. The molecule has 0 N–H and O–H groups in total. The molecule has 0 saturated heterocycles. The summed E-state index contributed by atoms with van der Waals surface area (Å²) < 4.78 is 0. The maximum atomic E-state index is 2.72. The minimum atomic E-state index is 0.474. The van der Waals surface area contributed by atoms with Crippen LogP contribution in [-0.4, -0.2) is 48.3 Å². The molecule has 0 amide bonds. The second kappa shape index (κ2) is 37.5. The first kappa shape index (κ1) is 69.7. The SMILES string of the molecule is CCCCC(C)N(c1ccc(N(c2ccc(N(c3ccc(N(C(C)CCCC)C(C)CCCC)cc3)c3ccc(N(C(C)CCCC)C(C)CCCC)cc3)cc2)c2ccc(N(C(C)CCCC)C(C)CCCC)cc2)cc1)C(C)CCCC. The van der Waals surface area contributed by atoms with Crippen LogP contribution in [0.1, 0.15) is 265 Å². The minimum Gasteiger partial charge on any atom is -0.366 e. The largest absolute Gasteiger partial charge is 0.366 e. The van der Waals surface area contributed by atoms with Gasteiger partial charge in [-0.15, -0.1) is 0 Å². The molecule has 5 aromatic rings. The molecule has 0 saturated carbocycles. The monoisotopic (exact) mass is 1140 g/mol. The van der Waals surface area contributed by atoms with Crippen molar-refractivity contribution in [3.63, 3.8) is 0 Å². The third-order valence-electron chi connectivity index (χ3n) is 18.6. The normalized spacial score (nSPS) is 14.5. The molecule has 6 nitrogen and oxygen atoms in total. The Hall–Kier alpha value is -5.10. The van der Waals surface area contributed by atoms with Crippen molar-refractivity contribution >= 4 is 56.9 Å². The van der Waals surface area contributed by atoms with Gasteiger partial charge in [-0.2, -0.15) is 0 Å². The van der Waals surface area contributed by atoms with E-state index in [1.165, 1.54) is 200 Å². The van der Waals surface area contributed by atoms with Gasteiger partial charge in [0.1, 0.15) is 0 Å². The van der Waals surface area contributed by atoms with Crippen molar-refractivity contribution in [2.75, 3.05) is 29.4 Å². The van der Waals surface area contributed by atoms with Crippen LogP contribution < -0.4 is 29.4 Å². The summed E-state index contributed by atoms with van der Waals surface area (Å²) in [5.74, 6) is 0. The lowest BCUT2D eigenvalue weighted by Gasteiger charge is -2.38. The van der Waals surface area contributed by atoms with E-state index in [0.717, 1.165) is 11.4 Å². The summed E-state index contributed by atoms with van der Waals surface area (Å²) in [6.07, 6.45) is 29.5. The van der Waals surface area contributed by atoms with E-state index in [0.29, 0.717) is 48.3 Å². The van der Waals surface area contributed by atoms with Crippen LogP contribution in [0.3, 0.4) is 0 Å². The molecular formula is C78H124N6. The molecule has 0 aliphatic carbocycles. The second-order valence-electron chi connectivity index (χ2n) is 25.8. The maximum absolute atomic E-state index is 2.72. The molecule has 0 bridgehead atoms. The summed E-state index contributed by atoms with van der Waals surface area (Å²) in [7, 11) is 0. The first-order chi connectivity index (χ1) is 40.7. The van der Waals surface area contributed by atoms with Gasteiger partial charge in [-0.3, -0.25) is 0 Å². The average molecular weight is 1150 g/mol. The van der Waals surface area contributed by atoms with Crippen molar-refractivity contribution in [3.8, 4) is 0 Å². The topological polar surface area (TPSA) is 19.4 Å². The summed E-state index contributed by atoms with van der Waals surface area (Å²) in [5, 5.41) is 0. The molecule has 466 valence electrons. The fraction of sp³-hybridized carbons (Fsp3) is 0.615. The van der Waals surface area contributed by atoms with E-state index in [9.17, 15) is 0 Å². The second-order valence-corrected chi connectivity index (χ2v) is 25.8. The van der Waals surface area contributed by atoms with Crippen molar-refractivity contribution in [1.82, 2.24) is 0 Å². The van der Waals surface area contributed by atoms with Gasteiger partial charge in [-0.05, 0) is 228 Å². The molecule has 8 unspecified atom stereocenters. The first-order valence-corrected chi connectivity index (χ1v) is 35.0. The van der Waals surface area contributed by atoms with E-state index in [2.05, 4.69) is 262 Å². The minimum absolute atomic E-state index is 0.474.